The van der Waals surface area contributed by atoms with Crippen LogP contribution in [0.4, 0.5) is 0 Å². The van der Waals surface area contributed by atoms with Gasteiger partial charge in [0.25, 0.3) is 0 Å². The summed E-state index contributed by atoms with van der Waals surface area (Å²) in [4.78, 5) is 24.1. The fourth-order valence-electron chi connectivity index (χ4n) is 1.45. The first-order valence-electron chi connectivity index (χ1n) is 5.89. The van der Waals surface area contributed by atoms with E-state index in [1.165, 1.54) is 0 Å². The van der Waals surface area contributed by atoms with Gasteiger partial charge in [-0.3, -0.25) is 9.59 Å². The number of rotatable bonds is 7. The third-order valence-corrected chi connectivity index (χ3v) is 2.53. The van der Waals surface area contributed by atoms with Gasteiger partial charge >= 0.3 is 5.97 Å². The fraction of sp³-hybridized carbons (Fsp3) is 0.833. The molecule has 16 heavy (non-hydrogen) atoms. The smallest absolute Gasteiger partial charge is 0.305 e. The maximum atomic E-state index is 12.0. The normalized spacial score (nSPS) is 12.6. The molecule has 4 nitrogen and oxygen atoms in total. The summed E-state index contributed by atoms with van der Waals surface area (Å²) in [7, 11) is 0. The van der Waals surface area contributed by atoms with Crippen molar-refractivity contribution in [1.29, 1.82) is 0 Å². The van der Waals surface area contributed by atoms with Crippen molar-refractivity contribution in [2.75, 3.05) is 13.1 Å². The summed E-state index contributed by atoms with van der Waals surface area (Å²) in [6, 6.07) is 0. The summed E-state index contributed by atoms with van der Waals surface area (Å²) in [5.74, 6) is -0.447. The molecule has 4 heteroatoms. The zero-order valence-electron chi connectivity index (χ0n) is 10.7. The molecule has 0 saturated carbocycles. The fourth-order valence-corrected chi connectivity index (χ4v) is 1.45. The van der Waals surface area contributed by atoms with Crippen LogP contribution in [0, 0.1) is 11.8 Å². The molecule has 0 heterocycles. The highest BCUT2D eigenvalue weighted by Gasteiger charge is 2.20. The van der Waals surface area contributed by atoms with Gasteiger partial charge in [-0.2, -0.15) is 0 Å². The van der Waals surface area contributed by atoms with Gasteiger partial charge in [0.1, 0.15) is 0 Å². The maximum absolute atomic E-state index is 12.0. The van der Waals surface area contributed by atoms with Gasteiger partial charge < -0.3 is 10.0 Å². The molecule has 0 aliphatic heterocycles. The number of carbonyl (C=O) groups excluding carboxylic acids is 1. The van der Waals surface area contributed by atoms with Gasteiger partial charge in [0.05, 0.1) is 6.42 Å². The van der Waals surface area contributed by atoms with Crippen molar-refractivity contribution in [2.45, 2.75) is 40.5 Å². The molecule has 1 amide bonds. The molecule has 0 saturated heterocycles. The van der Waals surface area contributed by atoms with E-state index in [9.17, 15) is 9.59 Å². The second kappa shape index (κ2) is 7.25. The number of carbonyl (C=O) groups is 2. The van der Waals surface area contributed by atoms with Crippen LogP contribution < -0.4 is 0 Å². The van der Waals surface area contributed by atoms with Gasteiger partial charge in [0.2, 0.25) is 5.91 Å². The number of hydrogen-bond acceptors (Lipinski definition) is 2. The molecule has 0 aliphatic carbocycles. The summed E-state index contributed by atoms with van der Waals surface area (Å²) in [6.45, 7) is 8.85. The van der Waals surface area contributed by atoms with E-state index in [2.05, 4.69) is 0 Å². The molecule has 0 aromatic carbocycles. The number of carboxylic acids is 1. The molecular formula is C12H23NO3. The van der Waals surface area contributed by atoms with Gasteiger partial charge in [0, 0.05) is 19.0 Å². The van der Waals surface area contributed by atoms with Crippen LogP contribution in [0.3, 0.4) is 0 Å². The summed E-state index contributed by atoms with van der Waals surface area (Å²) in [5.41, 5.74) is 0. The lowest BCUT2D eigenvalue weighted by Crippen LogP contribution is -2.39. The van der Waals surface area contributed by atoms with Crippen molar-refractivity contribution in [3.8, 4) is 0 Å². The quantitative estimate of drug-likeness (QED) is 0.726. The molecule has 1 N–H and O–H groups in total. The summed E-state index contributed by atoms with van der Waals surface area (Å²) in [5, 5.41) is 8.64. The number of carboxylic acid groups (broad SMARTS) is 1. The zero-order chi connectivity index (χ0) is 12.7. The van der Waals surface area contributed by atoms with Crippen LogP contribution in [0.5, 0.6) is 0 Å². The Morgan fingerprint density at radius 2 is 1.81 bits per heavy atom. The molecule has 1 atom stereocenters. The van der Waals surface area contributed by atoms with Crippen LogP contribution in [0.15, 0.2) is 0 Å². The SMILES string of the molecule is CCC(C)C(=O)N(CCC(=O)O)CC(C)C. The standard InChI is InChI=1S/C12H23NO3/c1-5-10(4)12(16)13(8-9(2)3)7-6-11(14)15/h9-10H,5-8H2,1-4H3,(H,14,15). The first-order chi connectivity index (χ1) is 7.38. The van der Waals surface area contributed by atoms with E-state index < -0.39 is 5.97 Å². The number of aliphatic carboxylic acids is 1. The Bertz CT molecular complexity index is 238. The van der Waals surface area contributed by atoms with Crippen molar-refractivity contribution in [2.24, 2.45) is 11.8 Å². The largest absolute Gasteiger partial charge is 0.481 e. The average molecular weight is 229 g/mol. The summed E-state index contributed by atoms with van der Waals surface area (Å²) >= 11 is 0. The van der Waals surface area contributed by atoms with Crippen LogP contribution in [0.1, 0.15) is 40.5 Å². The molecule has 94 valence electrons. The van der Waals surface area contributed by atoms with Gasteiger partial charge in [-0.25, -0.2) is 0 Å². The lowest BCUT2D eigenvalue weighted by molar-refractivity contribution is -0.139. The molecule has 0 rings (SSSR count). The predicted molar refractivity (Wildman–Crippen MR) is 63.1 cm³/mol. The molecule has 0 aromatic heterocycles. The number of amides is 1. The Labute approximate surface area is 97.6 Å². The molecular weight excluding hydrogens is 206 g/mol. The van der Waals surface area contributed by atoms with Crippen LogP contribution in [-0.2, 0) is 9.59 Å². The van der Waals surface area contributed by atoms with E-state index in [-0.39, 0.29) is 18.2 Å². The number of nitrogens with zero attached hydrogens (tertiary/aromatic N) is 1. The van der Waals surface area contributed by atoms with Crippen LogP contribution in [0.25, 0.3) is 0 Å². The molecule has 0 spiro atoms. The summed E-state index contributed by atoms with van der Waals surface area (Å²) < 4.78 is 0. The van der Waals surface area contributed by atoms with Crippen molar-refractivity contribution < 1.29 is 14.7 Å². The number of hydrogen-bond donors (Lipinski definition) is 1. The third-order valence-electron chi connectivity index (χ3n) is 2.53. The van der Waals surface area contributed by atoms with Crippen molar-refractivity contribution >= 4 is 11.9 Å². The minimum atomic E-state index is -0.856. The maximum Gasteiger partial charge on any atom is 0.305 e. The molecule has 0 bridgehead atoms. The van der Waals surface area contributed by atoms with Crippen LogP contribution >= 0.6 is 0 Å². The van der Waals surface area contributed by atoms with Gasteiger partial charge in [-0.05, 0) is 12.3 Å². The van der Waals surface area contributed by atoms with E-state index in [1.807, 2.05) is 27.7 Å². The Hall–Kier alpha value is -1.06. The Balaban J connectivity index is 4.40. The van der Waals surface area contributed by atoms with Crippen LogP contribution in [-0.4, -0.2) is 35.0 Å². The lowest BCUT2D eigenvalue weighted by atomic mass is 10.1. The lowest BCUT2D eigenvalue weighted by Gasteiger charge is -2.26. The average Bonchev–Trinajstić information content (AvgIpc) is 2.21. The second-order valence-electron chi connectivity index (χ2n) is 4.63. The van der Waals surface area contributed by atoms with Gasteiger partial charge in [-0.1, -0.05) is 27.7 Å². The topological polar surface area (TPSA) is 57.6 Å². The third kappa shape index (κ3) is 5.73. The van der Waals surface area contributed by atoms with Gasteiger partial charge in [0.15, 0.2) is 0 Å². The molecule has 0 fully saturated rings. The minimum absolute atomic E-state index is 0.0208. The van der Waals surface area contributed by atoms with E-state index in [0.717, 1.165) is 6.42 Å². The van der Waals surface area contributed by atoms with Gasteiger partial charge in [-0.15, -0.1) is 0 Å². The van der Waals surface area contributed by atoms with E-state index in [4.69, 9.17) is 5.11 Å². The van der Waals surface area contributed by atoms with Crippen molar-refractivity contribution in [3.63, 3.8) is 0 Å². The molecule has 0 aliphatic rings. The van der Waals surface area contributed by atoms with E-state index >= 15 is 0 Å². The van der Waals surface area contributed by atoms with Crippen molar-refractivity contribution in [1.82, 2.24) is 4.90 Å². The Kier molecular flexibility index (Phi) is 6.77. The Morgan fingerprint density at radius 1 is 1.25 bits per heavy atom. The second-order valence-corrected chi connectivity index (χ2v) is 4.63. The highest BCUT2D eigenvalue weighted by molar-refractivity contribution is 5.79. The first-order valence-corrected chi connectivity index (χ1v) is 5.89. The monoisotopic (exact) mass is 229 g/mol. The van der Waals surface area contributed by atoms with E-state index in [1.54, 1.807) is 4.90 Å². The van der Waals surface area contributed by atoms with Crippen molar-refractivity contribution in [3.05, 3.63) is 0 Å². The van der Waals surface area contributed by atoms with Crippen LogP contribution in [0.2, 0.25) is 0 Å². The first kappa shape index (κ1) is 14.9. The minimum Gasteiger partial charge on any atom is -0.481 e. The van der Waals surface area contributed by atoms with E-state index in [0.29, 0.717) is 19.0 Å². The molecule has 0 radical (unpaired) electrons. The summed E-state index contributed by atoms with van der Waals surface area (Å²) in [6.07, 6.45) is 0.815. The molecule has 1 unspecified atom stereocenters. The Morgan fingerprint density at radius 3 is 2.19 bits per heavy atom. The predicted octanol–water partition coefficient (Wildman–Crippen LogP) is 1.99. The highest BCUT2D eigenvalue weighted by atomic mass is 16.4. The molecule has 0 aromatic rings. The highest BCUT2D eigenvalue weighted by Crippen LogP contribution is 2.09. The zero-order valence-corrected chi connectivity index (χ0v) is 10.7.